The van der Waals surface area contributed by atoms with Crippen molar-refractivity contribution in [1.82, 2.24) is 16.0 Å². The summed E-state index contributed by atoms with van der Waals surface area (Å²) >= 11 is 0. The number of hydrogen-bond donors (Lipinski definition) is 4. The van der Waals surface area contributed by atoms with Crippen molar-refractivity contribution in [2.45, 2.75) is 51.5 Å². The van der Waals surface area contributed by atoms with Gasteiger partial charge in [-0.15, -0.1) is 0 Å². The van der Waals surface area contributed by atoms with Gasteiger partial charge in [0.1, 0.15) is 5.54 Å². The van der Waals surface area contributed by atoms with Gasteiger partial charge in [-0.3, -0.25) is 4.79 Å². The number of carboxylic acids is 1. The van der Waals surface area contributed by atoms with Gasteiger partial charge in [-0.2, -0.15) is 0 Å². The van der Waals surface area contributed by atoms with Crippen molar-refractivity contribution in [3.05, 3.63) is 0 Å². The first-order valence-electron chi connectivity index (χ1n) is 7.42. The minimum Gasteiger partial charge on any atom is -0.480 e. The van der Waals surface area contributed by atoms with Crippen LogP contribution in [0.5, 0.6) is 0 Å². The Bertz CT molecular complexity index is 390. The molecule has 4 N–H and O–H groups in total. The van der Waals surface area contributed by atoms with Gasteiger partial charge in [0.15, 0.2) is 0 Å². The van der Waals surface area contributed by atoms with E-state index in [9.17, 15) is 19.5 Å². The first kappa shape index (κ1) is 17.3. The first-order valence-corrected chi connectivity index (χ1v) is 7.42. The van der Waals surface area contributed by atoms with Crippen molar-refractivity contribution in [3.63, 3.8) is 0 Å². The number of urea groups is 1. The molecule has 0 unspecified atom stereocenters. The molecule has 1 rings (SSSR count). The van der Waals surface area contributed by atoms with Gasteiger partial charge in [0.25, 0.3) is 0 Å². The SMILES string of the molecule is CC(C)CNC(=O)CNC(=O)NC1(C(=O)O)CCCCC1. The molecule has 0 bridgehead atoms. The number of rotatable bonds is 6. The zero-order valence-electron chi connectivity index (χ0n) is 12.7. The molecule has 21 heavy (non-hydrogen) atoms. The van der Waals surface area contributed by atoms with E-state index in [4.69, 9.17) is 0 Å². The summed E-state index contributed by atoms with van der Waals surface area (Å²) in [6.07, 6.45) is 3.39. The lowest BCUT2D eigenvalue weighted by atomic mass is 9.82. The summed E-state index contributed by atoms with van der Waals surface area (Å²) in [6.45, 7) is 4.33. The van der Waals surface area contributed by atoms with E-state index in [2.05, 4.69) is 16.0 Å². The Morgan fingerprint density at radius 3 is 2.24 bits per heavy atom. The van der Waals surface area contributed by atoms with Gasteiger partial charge in [-0.25, -0.2) is 9.59 Å². The summed E-state index contributed by atoms with van der Waals surface area (Å²) < 4.78 is 0. The number of hydrogen-bond acceptors (Lipinski definition) is 3. The fourth-order valence-electron chi connectivity index (χ4n) is 2.35. The van der Waals surface area contributed by atoms with E-state index in [1.54, 1.807) is 0 Å². The highest BCUT2D eigenvalue weighted by Crippen LogP contribution is 2.28. The molecule has 120 valence electrons. The molecule has 0 aromatic rings. The lowest BCUT2D eigenvalue weighted by molar-refractivity contribution is -0.145. The van der Waals surface area contributed by atoms with Crippen molar-refractivity contribution in [3.8, 4) is 0 Å². The summed E-state index contributed by atoms with van der Waals surface area (Å²) in [6, 6.07) is -0.612. The van der Waals surface area contributed by atoms with Crippen LogP contribution < -0.4 is 16.0 Å². The third-order valence-electron chi connectivity index (χ3n) is 3.59. The molecule has 0 aromatic carbocycles. The average Bonchev–Trinajstić information content (AvgIpc) is 2.43. The Morgan fingerprint density at radius 2 is 1.71 bits per heavy atom. The van der Waals surface area contributed by atoms with Gasteiger partial charge in [-0.05, 0) is 18.8 Å². The van der Waals surface area contributed by atoms with Crippen LogP contribution in [0.4, 0.5) is 4.79 Å². The third kappa shape index (κ3) is 5.61. The summed E-state index contributed by atoms with van der Waals surface area (Å²) in [5.74, 6) is -0.964. The summed E-state index contributed by atoms with van der Waals surface area (Å²) in [5.41, 5.74) is -1.20. The number of amides is 3. The number of nitrogens with one attached hydrogen (secondary N) is 3. The van der Waals surface area contributed by atoms with Gasteiger partial charge in [0, 0.05) is 6.54 Å². The molecule has 0 spiro atoms. The summed E-state index contributed by atoms with van der Waals surface area (Å²) in [4.78, 5) is 34.7. The highest BCUT2D eigenvalue weighted by molar-refractivity contribution is 5.88. The van der Waals surface area contributed by atoms with Gasteiger partial charge in [0.05, 0.1) is 6.54 Å². The zero-order valence-corrected chi connectivity index (χ0v) is 12.7. The lowest BCUT2D eigenvalue weighted by Crippen LogP contribution is -2.58. The molecule has 7 nitrogen and oxygen atoms in total. The molecule has 0 aliphatic heterocycles. The molecule has 1 aliphatic carbocycles. The maximum absolute atomic E-state index is 11.8. The van der Waals surface area contributed by atoms with E-state index < -0.39 is 17.5 Å². The molecular weight excluding hydrogens is 274 g/mol. The van der Waals surface area contributed by atoms with Crippen LogP contribution >= 0.6 is 0 Å². The van der Waals surface area contributed by atoms with Crippen LogP contribution in [-0.4, -0.2) is 41.6 Å². The van der Waals surface area contributed by atoms with Crippen LogP contribution in [0.25, 0.3) is 0 Å². The topological polar surface area (TPSA) is 108 Å². The van der Waals surface area contributed by atoms with Crippen LogP contribution in [0.15, 0.2) is 0 Å². The molecule has 7 heteroatoms. The maximum Gasteiger partial charge on any atom is 0.329 e. The highest BCUT2D eigenvalue weighted by atomic mass is 16.4. The quantitative estimate of drug-likeness (QED) is 0.583. The Balaban J connectivity index is 2.41. The van der Waals surface area contributed by atoms with Crippen molar-refractivity contribution in [2.75, 3.05) is 13.1 Å². The second-order valence-electron chi connectivity index (χ2n) is 5.95. The molecule has 0 radical (unpaired) electrons. The average molecular weight is 299 g/mol. The number of carbonyl (C=O) groups excluding carboxylic acids is 2. The van der Waals surface area contributed by atoms with Crippen molar-refractivity contribution in [1.29, 1.82) is 0 Å². The number of carbonyl (C=O) groups is 3. The van der Waals surface area contributed by atoms with Crippen molar-refractivity contribution in [2.24, 2.45) is 5.92 Å². The van der Waals surface area contributed by atoms with Crippen LogP contribution in [-0.2, 0) is 9.59 Å². The second kappa shape index (κ2) is 7.85. The van der Waals surface area contributed by atoms with E-state index >= 15 is 0 Å². The van der Waals surface area contributed by atoms with Crippen molar-refractivity contribution < 1.29 is 19.5 Å². The van der Waals surface area contributed by atoms with Crippen LogP contribution in [0, 0.1) is 5.92 Å². The second-order valence-corrected chi connectivity index (χ2v) is 5.95. The van der Waals surface area contributed by atoms with E-state index in [-0.39, 0.29) is 12.5 Å². The van der Waals surface area contributed by atoms with Gasteiger partial charge >= 0.3 is 12.0 Å². The minimum atomic E-state index is -1.20. The minimum absolute atomic E-state index is 0.158. The molecule has 1 fully saturated rings. The van der Waals surface area contributed by atoms with Gasteiger partial charge < -0.3 is 21.1 Å². The lowest BCUT2D eigenvalue weighted by Gasteiger charge is -2.33. The van der Waals surface area contributed by atoms with Crippen molar-refractivity contribution >= 4 is 17.9 Å². The molecule has 0 aromatic heterocycles. The highest BCUT2D eigenvalue weighted by Gasteiger charge is 2.40. The van der Waals surface area contributed by atoms with Gasteiger partial charge in [-0.1, -0.05) is 33.1 Å². The fraction of sp³-hybridized carbons (Fsp3) is 0.786. The molecule has 0 saturated heterocycles. The predicted octanol–water partition coefficient (Wildman–Crippen LogP) is 0.845. The predicted molar refractivity (Wildman–Crippen MR) is 77.8 cm³/mol. The molecule has 0 heterocycles. The molecule has 1 saturated carbocycles. The smallest absolute Gasteiger partial charge is 0.329 e. The maximum atomic E-state index is 11.8. The summed E-state index contributed by atoms with van der Waals surface area (Å²) in [5, 5.41) is 16.9. The molecule has 1 aliphatic rings. The Hall–Kier alpha value is -1.79. The molecular formula is C14H25N3O4. The normalized spacial score (nSPS) is 17.1. The molecule has 0 atom stereocenters. The summed E-state index contributed by atoms with van der Waals surface area (Å²) in [7, 11) is 0. The van der Waals surface area contributed by atoms with Crippen LogP contribution in [0.2, 0.25) is 0 Å². The Labute approximate surface area is 124 Å². The van der Waals surface area contributed by atoms with E-state index in [0.29, 0.717) is 25.3 Å². The zero-order chi connectivity index (χ0) is 15.9. The third-order valence-corrected chi connectivity index (χ3v) is 3.59. The van der Waals surface area contributed by atoms with E-state index in [1.807, 2.05) is 13.8 Å². The number of carboxylic acid groups (broad SMARTS) is 1. The fourth-order valence-corrected chi connectivity index (χ4v) is 2.35. The van der Waals surface area contributed by atoms with Crippen LogP contribution in [0.1, 0.15) is 46.0 Å². The first-order chi connectivity index (χ1) is 9.85. The standard InChI is InChI=1S/C14H25N3O4/c1-10(2)8-15-11(18)9-16-13(21)17-14(12(19)20)6-4-3-5-7-14/h10H,3-9H2,1-2H3,(H,15,18)(H,19,20)(H2,16,17,21). The van der Waals surface area contributed by atoms with E-state index in [0.717, 1.165) is 19.3 Å². The largest absolute Gasteiger partial charge is 0.480 e. The number of aliphatic carboxylic acids is 1. The Morgan fingerprint density at radius 1 is 1.10 bits per heavy atom. The van der Waals surface area contributed by atoms with E-state index in [1.165, 1.54) is 0 Å². The monoisotopic (exact) mass is 299 g/mol. The Kier molecular flexibility index (Phi) is 6.45. The van der Waals surface area contributed by atoms with Crippen LogP contribution in [0.3, 0.4) is 0 Å². The molecule has 3 amide bonds. The van der Waals surface area contributed by atoms with Gasteiger partial charge in [0.2, 0.25) is 5.91 Å².